The van der Waals surface area contributed by atoms with Gasteiger partial charge in [0.1, 0.15) is 11.7 Å². The van der Waals surface area contributed by atoms with Crippen molar-refractivity contribution in [2.24, 2.45) is 5.92 Å². The summed E-state index contributed by atoms with van der Waals surface area (Å²) in [5, 5.41) is 2.90. The Morgan fingerprint density at radius 2 is 1.62 bits per heavy atom. The van der Waals surface area contributed by atoms with Crippen LogP contribution in [-0.2, 0) is 4.79 Å². The van der Waals surface area contributed by atoms with E-state index in [0.29, 0.717) is 5.56 Å². The number of rotatable bonds is 2. The van der Waals surface area contributed by atoms with Crippen LogP contribution in [0.2, 0.25) is 0 Å². The first-order chi connectivity index (χ1) is 12.6. The summed E-state index contributed by atoms with van der Waals surface area (Å²) >= 11 is 0. The van der Waals surface area contributed by atoms with Crippen molar-refractivity contribution in [1.29, 1.82) is 0 Å². The van der Waals surface area contributed by atoms with Crippen LogP contribution in [0.25, 0.3) is 0 Å². The average molecular weight is 344 g/mol. The van der Waals surface area contributed by atoms with Gasteiger partial charge in [0, 0.05) is 17.3 Å². The SMILES string of the molecule is CC(C)[C@H]1NC(=O)C(C#Cc2ccccc2)=CN1C(=O)c1ccccc1. The summed E-state index contributed by atoms with van der Waals surface area (Å²) in [7, 11) is 0. The summed E-state index contributed by atoms with van der Waals surface area (Å²) < 4.78 is 0. The molecule has 1 atom stereocenters. The van der Waals surface area contributed by atoms with Crippen molar-refractivity contribution in [3.8, 4) is 11.8 Å². The molecule has 4 heteroatoms. The fourth-order valence-corrected chi connectivity index (χ4v) is 2.71. The maximum absolute atomic E-state index is 12.9. The third-order valence-corrected chi connectivity index (χ3v) is 4.09. The minimum atomic E-state index is -0.405. The van der Waals surface area contributed by atoms with Gasteiger partial charge in [-0.15, -0.1) is 0 Å². The summed E-state index contributed by atoms with van der Waals surface area (Å²) in [5.41, 5.74) is 1.66. The molecular weight excluding hydrogens is 324 g/mol. The van der Waals surface area contributed by atoms with Crippen molar-refractivity contribution in [2.45, 2.75) is 20.0 Å². The topological polar surface area (TPSA) is 49.4 Å². The Kier molecular flexibility index (Phi) is 5.19. The lowest BCUT2D eigenvalue weighted by Crippen LogP contribution is -2.54. The van der Waals surface area contributed by atoms with Crippen LogP contribution in [0.1, 0.15) is 29.8 Å². The van der Waals surface area contributed by atoms with Crippen LogP contribution >= 0.6 is 0 Å². The van der Waals surface area contributed by atoms with Crippen LogP contribution < -0.4 is 5.32 Å². The molecule has 0 unspecified atom stereocenters. The second-order valence-corrected chi connectivity index (χ2v) is 6.40. The molecule has 1 aliphatic heterocycles. The lowest BCUT2D eigenvalue weighted by Gasteiger charge is -2.35. The zero-order valence-corrected chi connectivity index (χ0v) is 14.8. The number of nitrogens with zero attached hydrogens (tertiary/aromatic N) is 1. The molecular formula is C22H20N2O2. The molecule has 3 rings (SSSR count). The molecule has 2 aromatic carbocycles. The Morgan fingerprint density at radius 1 is 1.00 bits per heavy atom. The first-order valence-electron chi connectivity index (χ1n) is 8.54. The minimum Gasteiger partial charge on any atom is -0.331 e. The van der Waals surface area contributed by atoms with E-state index >= 15 is 0 Å². The van der Waals surface area contributed by atoms with E-state index in [9.17, 15) is 9.59 Å². The number of amides is 2. The number of carbonyl (C=O) groups is 2. The molecule has 0 spiro atoms. The number of hydrogen-bond acceptors (Lipinski definition) is 2. The van der Waals surface area contributed by atoms with Gasteiger partial charge in [-0.2, -0.15) is 0 Å². The molecule has 0 saturated carbocycles. The highest BCUT2D eigenvalue weighted by atomic mass is 16.2. The highest BCUT2D eigenvalue weighted by Crippen LogP contribution is 2.19. The molecule has 0 saturated heterocycles. The van der Waals surface area contributed by atoms with Crippen LogP contribution in [0.4, 0.5) is 0 Å². The lowest BCUT2D eigenvalue weighted by atomic mass is 10.0. The Morgan fingerprint density at radius 3 is 2.23 bits per heavy atom. The molecule has 2 amide bonds. The summed E-state index contributed by atoms with van der Waals surface area (Å²) in [6.45, 7) is 3.93. The van der Waals surface area contributed by atoms with E-state index in [4.69, 9.17) is 0 Å². The zero-order valence-electron chi connectivity index (χ0n) is 14.8. The second kappa shape index (κ2) is 7.71. The van der Waals surface area contributed by atoms with Crippen LogP contribution in [0, 0.1) is 17.8 Å². The van der Waals surface area contributed by atoms with Gasteiger partial charge in [0.2, 0.25) is 0 Å². The Hall–Kier alpha value is -3.32. The van der Waals surface area contributed by atoms with Gasteiger partial charge in [0.05, 0.1) is 0 Å². The predicted molar refractivity (Wildman–Crippen MR) is 101 cm³/mol. The van der Waals surface area contributed by atoms with Crippen molar-refractivity contribution in [3.63, 3.8) is 0 Å². The normalized spacial score (nSPS) is 16.4. The van der Waals surface area contributed by atoms with E-state index in [-0.39, 0.29) is 23.3 Å². The summed E-state index contributed by atoms with van der Waals surface area (Å²) in [5.74, 6) is 5.50. The lowest BCUT2D eigenvalue weighted by molar-refractivity contribution is -0.119. The van der Waals surface area contributed by atoms with E-state index < -0.39 is 6.17 Å². The standard InChI is InChI=1S/C22H20N2O2/c1-16(2)20-23-21(25)19(14-13-17-9-5-3-6-10-17)15-24(20)22(26)18-11-7-4-8-12-18/h3-12,15-16,20H,1-2H3,(H,23,25)/t20-/m0/s1. The van der Waals surface area contributed by atoms with E-state index in [1.807, 2.05) is 62.4 Å². The van der Waals surface area contributed by atoms with Crippen molar-refractivity contribution < 1.29 is 9.59 Å². The smallest absolute Gasteiger partial charge is 0.262 e. The number of benzene rings is 2. The van der Waals surface area contributed by atoms with E-state index in [2.05, 4.69) is 17.2 Å². The summed E-state index contributed by atoms with van der Waals surface area (Å²) in [4.78, 5) is 26.9. The molecule has 1 aliphatic rings. The van der Waals surface area contributed by atoms with Gasteiger partial charge in [-0.1, -0.05) is 62.1 Å². The van der Waals surface area contributed by atoms with E-state index in [0.717, 1.165) is 5.56 Å². The van der Waals surface area contributed by atoms with Crippen LogP contribution in [-0.4, -0.2) is 22.9 Å². The fraction of sp³-hybridized carbons (Fsp3) is 0.182. The molecule has 2 aromatic rings. The van der Waals surface area contributed by atoms with Crippen molar-refractivity contribution >= 4 is 11.8 Å². The van der Waals surface area contributed by atoms with Gasteiger partial charge in [-0.25, -0.2) is 0 Å². The van der Waals surface area contributed by atoms with Crippen LogP contribution in [0.5, 0.6) is 0 Å². The third kappa shape index (κ3) is 3.84. The second-order valence-electron chi connectivity index (χ2n) is 6.40. The molecule has 0 radical (unpaired) electrons. The number of nitrogens with one attached hydrogen (secondary N) is 1. The first-order valence-corrected chi connectivity index (χ1v) is 8.54. The fourth-order valence-electron chi connectivity index (χ4n) is 2.71. The van der Waals surface area contributed by atoms with Crippen LogP contribution in [0.3, 0.4) is 0 Å². The van der Waals surface area contributed by atoms with Gasteiger partial charge in [-0.05, 0) is 30.2 Å². The Balaban J connectivity index is 1.96. The van der Waals surface area contributed by atoms with Gasteiger partial charge < -0.3 is 5.32 Å². The molecule has 1 heterocycles. The third-order valence-electron chi connectivity index (χ3n) is 4.09. The monoisotopic (exact) mass is 344 g/mol. The maximum atomic E-state index is 12.9. The Bertz CT molecular complexity index is 890. The molecule has 0 aromatic heterocycles. The van der Waals surface area contributed by atoms with E-state index in [1.54, 1.807) is 23.2 Å². The van der Waals surface area contributed by atoms with Gasteiger partial charge >= 0.3 is 0 Å². The molecule has 130 valence electrons. The molecule has 4 nitrogen and oxygen atoms in total. The average Bonchev–Trinajstić information content (AvgIpc) is 2.67. The van der Waals surface area contributed by atoms with Crippen molar-refractivity contribution in [3.05, 3.63) is 83.6 Å². The minimum absolute atomic E-state index is 0.0616. The van der Waals surface area contributed by atoms with Gasteiger partial charge in [0.15, 0.2) is 0 Å². The molecule has 0 bridgehead atoms. The highest BCUT2D eigenvalue weighted by molar-refractivity contribution is 6.02. The first kappa shape index (κ1) is 17.5. The quantitative estimate of drug-likeness (QED) is 0.851. The Labute approximate surface area is 153 Å². The summed E-state index contributed by atoms with van der Waals surface area (Å²) in [6, 6.07) is 18.5. The highest BCUT2D eigenvalue weighted by Gasteiger charge is 2.32. The maximum Gasteiger partial charge on any atom is 0.262 e. The molecule has 26 heavy (non-hydrogen) atoms. The largest absolute Gasteiger partial charge is 0.331 e. The number of hydrogen-bond donors (Lipinski definition) is 1. The van der Waals surface area contributed by atoms with Crippen LogP contribution in [0.15, 0.2) is 72.4 Å². The predicted octanol–water partition coefficient (Wildman–Crippen LogP) is 3.18. The van der Waals surface area contributed by atoms with Gasteiger partial charge in [-0.3, -0.25) is 14.5 Å². The molecule has 0 fully saturated rings. The molecule has 1 N–H and O–H groups in total. The number of carbonyl (C=O) groups excluding carboxylic acids is 2. The summed E-state index contributed by atoms with van der Waals surface area (Å²) in [6.07, 6.45) is 1.16. The van der Waals surface area contributed by atoms with E-state index in [1.165, 1.54) is 0 Å². The van der Waals surface area contributed by atoms with Crippen molar-refractivity contribution in [2.75, 3.05) is 0 Å². The van der Waals surface area contributed by atoms with Gasteiger partial charge in [0.25, 0.3) is 11.8 Å². The molecule has 0 aliphatic carbocycles. The zero-order chi connectivity index (χ0) is 18.5. The van der Waals surface area contributed by atoms with Crippen molar-refractivity contribution in [1.82, 2.24) is 10.2 Å².